The van der Waals surface area contributed by atoms with Crippen molar-refractivity contribution in [1.29, 1.82) is 0 Å². The minimum Gasteiger partial charge on any atom is -0.395 e. The van der Waals surface area contributed by atoms with Crippen molar-refractivity contribution < 1.29 is 27.1 Å². The van der Waals surface area contributed by atoms with Gasteiger partial charge in [-0.05, 0) is 43.2 Å². The number of anilines is 1. The number of aliphatic hydroxyl groups is 1. The molecule has 1 fully saturated rings. The van der Waals surface area contributed by atoms with Gasteiger partial charge in [0.1, 0.15) is 11.6 Å². The molecule has 176 valence electrons. The Bertz CT molecular complexity index is 1300. The highest BCUT2D eigenvalue weighted by molar-refractivity contribution is 7.87. The topological polar surface area (TPSA) is 107 Å². The van der Waals surface area contributed by atoms with Crippen LogP contribution in [0.15, 0.2) is 42.7 Å². The van der Waals surface area contributed by atoms with Gasteiger partial charge in [0.05, 0.1) is 29.9 Å². The standard InChI is InChI=1S/C21H23F2N5O4S/c1-26(9-10-29)33(31,32)25-21(30)17-13-24-28-8-6-15(12-20(17)28)27-7-2-3-19(27)16-11-14(22)4-5-18(16)23/h4-6,8,11-13,19,29H,2-3,7,9-10H2,1H3,(H,25,30)/t19-/m1/s1. The van der Waals surface area contributed by atoms with Gasteiger partial charge in [0.25, 0.3) is 5.91 Å². The highest BCUT2D eigenvalue weighted by Crippen LogP contribution is 2.38. The Kier molecular flexibility index (Phi) is 6.32. The van der Waals surface area contributed by atoms with Gasteiger partial charge in [-0.3, -0.25) is 4.79 Å². The number of carbonyl (C=O) groups is 1. The maximum absolute atomic E-state index is 14.4. The molecule has 2 N–H and O–H groups in total. The van der Waals surface area contributed by atoms with Crippen LogP contribution < -0.4 is 9.62 Å². The normalized spacial score (nSPS) is 16.6. The molecule has 1 aliphatic heterocycles. The van der Waals surface area contributed by atoms with Crippen LogP contribution in [0.1, 0.15) is 34.8 Å². The molecule has 0 radical (unpaired) electrons. The number of amides is 1. The number of aliphatic hydroxyl groups excluding tert-OH is 1. The molecular formula is C21H23F2N5O4S. The van der Waals surface area contributed by atoms with Gasteiger partial charge in [0.2, 0.25) is 0 Å². The van der Waals surface area contributed by atoms with Gasteiger partial charge in [0.15, 0.2) is 0 Å². The van der Waals surface area contributed by atoms with Crippen molar-refractivity contribution >= 4 is 27.3 Å². The van der Waals surface area contributed by atoms with E-state index in [1.807, 2.05) is 9.62 Å². The van der Waals surface area contributed by atoms with Crippen LogP contribution >= 0.6 is 0 Å². The summed E-state index contributed by atoms with van der Waals surface area (Å²) in [7, 11) is -2.91. The van der Waals surface area contributed by atoms with Gasteiger partial charge in [-0.15, -0.1) is 0 Å². The fraction of sp³-hybridized carbons (Fsp3) is 0.333. The summed E-state index contributed by atoms with van der Waals surface area (Å²) in [5.74, 6) is -1.88. The maximum atomic E-state index is 14.4. The first-order chi connectivity index (χ1) is 15.7. The Balaban J connectivity index is 1.65. The zero-order valence-electron chi connectivity index (χ0n) is 17.8. The molecule has 1 amide bonds. The number of carbonyl (C=O) groups excluding carboxylic acids is 1. The number of benzene rings is 1. The van der Waals surface area contributed by atoms with Gasteiger partial charge in [-0.2, -0.15) is 17.8 Å². The smallest absolute Gasteiger partial charge is 0.303 e. The number of aromatic nitrogens is 2. The lowest BCUT2D eigenvalue weighted by atomic mass is 10.0. The second-order valence-corrected chi connectivity index (χ2v) is 9.55. The van der Waals surface area contributed by atoms with E-state index in [0.717, 1.165) is 22.9 Å². The summed E-state index contributed by atoms with van der Waals surface area (Å²) in [5.41, 5.74) is 1.32. The second-order valence-electron chi connectivity index (χ2n) is 7.77. The predicted octanol–water partition coefficient (Wildman–Crippen LogP) is 1.85. The number of likely N-dealkylation sites (N-methyl/N-ethyl adjacent to an activating group) is 1. The lowest BCUT2D eigenvalue weighted by molar-refractivity contribution is 0.0980. The van der Waals surface area contributed by atoms with Crippen LogP contribution in [0.5, 0.6) is 0 Å². The largest absolute Gasteiger partial charge is 0.395 e. The van der Waals surface area contributed by atoms with E-state index >= 15 is 0 Å². The molecule has 12 heteroatoms. The summed E-state index contributed by atoms with van der Waals surface area (Å²) in [6.45, 7) is 0.0376. The van der Waals surface area contributed by atoms with Crippen molar-refractivity contribution in [3.05, 3.63) is 65.5 Å². The van der Waals surface area contributed by atoms with Crippen LogP contribution in [0, 0.1) is 11.6 Å². The molecule has 0 bridgehead atoms. The Labute approximate surface area is 189 Å². The highest BCUT2D eigenvalue weighted by Gasteiger charge is 2.30. The minimum absolute atomic E-state index is 0.0329. The highest BCUT2D eigenvalue weighted by atomic mass is 32.2. The summed E-state index contributed by atoms with van der Waals surface area (Å²) >= 11 is 0. The number of pyridine rings is 1. The van der Waals surface area contributed by atoms with Crippen LogP contribution in [0.3, 0.4) is 0 Å². The Morgan fingerprint density at radius 1 is 1.30 bits per heavy atom. The van der Waals surface area contributed by atoms with E-state index in [1.54, 1.807) is 18.3 Å². The Morgan fingerprint density at radius 3 is 2.85 bits per heavy atom. The number of hydrogen-bond donors (Lipinski definition) is 2. The van der Waals surface area contributed by atoms with E-state index in [-0.39, 0.29) is 23.7 Å². The fourth-order valence-electron chi connectivity index (χ4n) is 4.00. The number of halogens is 2. The molecule has 1 aromatic carbocycles. The van der Waals surface area contributed by atoms with Crippen molar-refractivity contribution in [2.24, 2.45) is 0 Å². The predicted molar refractivity (Wildman–Crippen MR) is 117 cm³/mol. The first-order valence-electron chi connectivity index (χ1n) is 10.3. The average Bonchev–Trinajstić information content (AvgIpc) is 3.42. The van der Waals surface area contributed by atoms with E-state index in [9.17, 15) is 22.0 Å². The monoisotopic (exact) mass is 479 g/mol. The molecular weight excluding hydrogens is 456 g/mol. The first kappa shape index (κ1) is 23.1. The SMILES string of the molecule is CN(CCO)S(=O)(=O)NC(=O)c1cnn2ccc(N3CCC[C@@H]3c3cc(F)ccc3F)cc12. The Morgan fingerprint density at radius 2 is 2.09 bits per heavy atom. The number of nitrogens with zero attached hydrogens (tertiary/aromatic N) is 4. The number of hydrogen-bond acceptors (Lipinski definition) is 6. The van der Waals surface area contributed by atoms with E-state index in [4.69, 9.17) is 5.11 Å². The molecule has 3 heterocycles. The summed E-state index contributed by atoms with van der Waals surface area (Å²) in [4.78, 5) is 14.6. The fourth-order valence-corrected chi connectivity index (χ4v) is 4.83. The lowest BCUT2D eigenvalue weighted by Crippen LogP contribution is -2.42. The van der Waals surface area contributed by atoms with Gasteiger partial charge in [-0.25, -0.2) is 18.0 Å². The lowest BCUT2D eigenvalue weighted by Gasteiger charge is -2.27. The van der Waals surface area contributed by atoms with Gasteiger partial charge < -0.3 is 10.0 Å². The van der Waals surface area contributed by atoms with Crippen LogP contribution in [0.25, 0.3) is 5.52 Å². The van der Waals surface area contributed by atoms with E-state index < -0.39 is 34.4 Å². The zero-order valence-corrected chi connectivity index (χ0v) is 18.6. The minimum atomic E-state index is -4.15. The first-order valence-corrected chi connectivity index (χ1v) is 11.7. The third-order valence-corrected chi connectivity index (χ3v) is 7.14. The van der Waals surface area contributed by atoms with E-state index in [1.165, 1.54) is 23.8 Å². The van der Waals surface area contributed by atoms with E-state index in [0.29, 0.717) is 24.2 Å². The average molecular weight is 480 g/mol. The quantitative estimate of drug-likeness (QED) is 0.536. The van der Waals surface area contributed by atoms with Crippen molar-refractivity contribution in [2.45, 2.75) is 18.9 Å². The number of fused-ring (bicyclic) bond motifs is 1. The van der Waals surface area contributed by atoms with Gasteiger partial charge in [-0.1, -0.05) is 0 Å². The molecule has 1 saturated heterocycles. The maximum Gasteiger partial charge on any atom is 0.303 e. The van der Waals surface area contributed by atoms with Crippen molar-refractivity contribution in [3.8, 4) is 0 Å². The van der Waals surface area contributed by atoms with Crippen LogP contribution in [-0.4, -0.2) is 60.1 Å². The molecule has 33 heavy (non-hydrogen) atoms. The number of rotatable bonds is 7. The van der Waals surface area contributed by atoms with Crippen LogP contribution in [0.4, 0.5) is 14.5 Å². The number of nitrogens with one attached hydrogen (secondary N) is 1. The summed E-state index contributed by atoms with van der Waals surface area (Å²) < 4.78 is 57.0. The molecule has 0 unspecified atom stereocenters. The van der Waals surface area contributed by atoms with Crippen LogP contribution in [-0.2, 0) is 10.2 Å². The van der Waals surface area contributed by atoms with Gasteiger partial charge in [0, 0.05) is 37.6 Å². The molecule has 0 aliphatic carbocycles. The van der Waals surface area contributed by atoms with Crippen molar-refractivity contribution in [3.63, 3.8) is 0 Å². The van der Waals surface area contributed by atoms with E-state index in [2.05, 4.69) is 5.10 Å². The summed E-state index contributed by atoms with van der Waals surface area (Å²) in [5, 5.41) is 13.0. The molecule has 0 spiro atoms. The molecule has 1 aliphatic rings. The van der Waals surface area contributed by atoms with Gasteiger partial charge >= 0.3 is 10.2 Å². The molecule has 4 rings (SSSR count). The van der Waals surface area contributed by atoms with Crippen molar-refractivity contribution in [2.75, 3.05) is 31.6 Å². The molecule has 1 atom stereocenters. The van der Waals surface area contributed by atoms with Crippen LogP contribution in [0.2, 0.25) is 0 Å². The van der Waals surface area contributed by atoms with Crippen molar-refractivity contribution in [1.82, 2.24) is 18.6 Å². The third-order valence-electron chi connectivity index (χ3n) is 5.70. The zero-order chi connectivity index (χ0) is 23.8. The summed E-state index contributed by atoms with van der Waals surface area (Å²) in [6, 6.07) is 6.42. The molecule has 9 nitrogen and oxygen atoms in total. The molecule has 3 aromatic rings. The molecule has 0 saturated carbocycles. The third kappa shape index (κ3) is 4.54. The second kappa shape index (κ2) is 9.04. The molecule has 2 aromatic heterocycles. The summed E-state index contributed by atoms with van der Waals surface area (Å²) in [6.07, 6.45) is 4.27. The Hall–Kier alpha value is -3.09.